The van der Waals surface area contributed by atoms with E-state index in [-0.39, 0.29) is 36.0 Å². The third kappa shape index (κ3) is 4.59. The molecule has 0 saturated carbocycles. The Bertz CT molecular complexity index is 939. The Labute approximate surface area is 180 Å². The number of thiophene rings is 2. The monoisotopic (exact) mass is 454 g/mol. The molecule has 0 aliphatic carbocycles. The fraction of sp³-hybridized carbons (Fsp3) is 0.550. The van der Waals surface area contributed by atoms with Gasteiger partial charge in [0, 0.05) is 36.0 Å². The minimum absolute atomic E-state index is 0.00983. The second-order valence-corrected chi connectivity index (χ2v) is 11.8. The van der Waals surface area contributed by atoms with Gasteiger partial charge in [-0.3, -0.25) is 9.69 Å². The van der Waals surface area contributed by atoms with E-state index in [1.54, 1.807) is 34.7 Å². The van der Waals surface area contributed by atoms with Crippen molar-refractivity contribution in [2.45, 2.75) is 24.9 Å². The topological polar surface area (TPSA) is 66.9 Å². The van der Waals surface area contributed by atoms with Gasteiger partial charge >= 0.3 is 0 Å². The standard InChI is InChI=1S/C20H26N2O4S3/c1-26-9-8-22(15-6-12-29(24,25)14-15)19(23)13-21-7-4-17-16(5-11-28-17)20(21)18-3-2-10-27-18/h2-3,5,10-11,15,20H,4,6-9,12-14H2,1H3. The number of rotatable bonds is 7. The summed E-state index contributed by atoms with van der Waals surface area (Å²) in [5.74, 6) is 0.212. The SMILES string of the molecule is COCCN(C(=O)CN1CCc2sccc2C1c1cccs1)C1CCS(=O)(=O)C1. The normalized spacial score (nSPS) is 23.8. The summed E-state index contributed by atoms with van der Waals surface area (Å²) < 4.78 is 29.1. The fourth-order valence-corrected chi connectivity index (χ4v) is 7.82. The largest absolute Gasteiger partial charge is 0.383 e. The number of carbonyl (C=O) groups is 1. The van der Waals surface area contributed by atoms with Crippen LogP contribution >= 0.6 is 22.7 Å². The lowest BCUT2D eigenvalue weighted by Gasteiger charge is -2.37. The molecule has 2 aromatic heterocycles. The number of sulfone groups is 1. The quantitative estimate of drug-likeness (QED) is 0.643. The third-order valence-electron chi connectivity index (χ3n) is 5.72. The highest BCUT2D eigenvalue weighted by atomic mass is 32.2. The summed E-state index contributed by atoms with van der Waals surface area (Å²) >= 11 is 3.50. The highest BCUT2D eigenvalue weighted by Gasteiger charge is 2.37. The van der Waals surface area contributed by atoms with Crippen LogP contribution in [0.3, 0.4) is 0 Å². The first-order chi connectivity index (χ1) is 14.0. The fourth-order valence-electron chi connectivity index (χ4n) is 4.30. The maximum Gasteiger partial charge on any atom is 0.237 e. The molecular weight excluding hydrogens is 428 g/mol. The first kappa shape index (κ1) is 21.0. The molecule has 2 unspecified atom stereocenters. The molecule has 0 N–H and O–H groups in total. The molecule has 158 valence electrons. The summed E-state index contributed by atoms with van der Waals surface area (Å²) in [5, 5.41) is 4.20. The van der Waals surface area contributed by atoms with Crippen molar-refractivity contribution in [3.8, 4) is 0 Å². The van der Waals surface area contributed by atoms with Gasteiger partial charge in [-0.25, -0.2) is 8.42 Å². The predicted molar refractivity (Wildman–Crippen MR) is 116 cm³/mol. The van der Waals surface area contributed by atoms with E-state index in [1.165, 1.54) is 15.3 Å². The summed E-state index contributed by atoms with van der Waals surface area (Å²) in [4.78, 5) is 19.9. The van der Waals surface area contributed by atoms with Crippen molar-refractivity contribution in [1.29, 1.82) is 0 Å². The lowest BCUT2D eigenvalue weighted by atomic mass is 9.98. The van der Waals surface area contributed by atoms with Crippen LogP contribution in [-0.2, 0) is 25.8 Å². The summed E-state index contributed by atoms with van der Waals surface area (Å²) in [6, 6.07) is 6.20. The van der Waals surface area contributed by atoms with Crippen LogP contribution < -0.4 is 0 Å². The Morgan fingerprint density at radius 1 is 1.31 bits per heavy atom. The number of amides is 1. The molecule has 4 rings (SSSR count). The van der Waals surface area contributed by atoms with Gasteiger partial charge in [0.2, 0.25) is 5.91 Å². The molecule has 0 spiro atoms. The average molecular weight is 455 g/mol. The first-order valence-corrected chi connectivity index (χ1v) is 13.4. The van der Waals surface area contributed by atoms with Crippen LogP contribution in [0.4, 0.5) is 0 Å². The van der Waals surface area contributed by atoms with E-state index in [0.717, 1.165) is 13.0 Å². The number of fused-ring (bicyclic) bond motifs is 1. The van der Waals surface area contributed by atoms with Gasteiger partial charge in [0.05, 0.1) is 30.7 Å². The van der Waals surface area contributed by atoms with Gasteiger partial charge < -0.3 is 9.64 Å². The van der Waals surface area contributed by atoms with Crippen molar-refractivity contribution >= 4 is 38.4 Å². The van der Waals surface area contributed by atoms with E-state index < -0.39 is 9.84 Å². The molecule has 4 heterocycles. The van der Waals surface area contributed by atoms with Gasteiger partial charge in [-0.2, -0.15) is 0 Å². The van der Waals surface area contributed by atoms with Gasteiger partial charge in [0.15, 0.2) is 9.84 Å². The van der Waals surface area contributed by atoms with E-state index in [0.29, 0.717) is 19.6 Å². The number of ether oxygens (including phenoxy) is 1. The Hall–Kier alpha value is -1.26. The minimum Gasteiger partial charge on any atom is -0.383 e. The minimum atomic E-state index is -3.06. The maximum absolute atomic E-state index is 13.3. The molecule has 29 heavy (non-hydrogen) atoms. The van der Waals surface area contributed by atoms with Crippen molar-refractivity contribution < 1.29 is 17.9 Å². The van der Waals surface area contributed by atoms with Gasteiger partial charge in [0.25, 0.3) is 0 Å². The molecule has 2 aliphatic heterocycles. The van der Waals surface area contributed by atoms with Crippen LogP contribution in [0, 0.1) is 0 Å². The van der Waals surface area contributed by atoms with Crippen molar-refractivity contribution in [2.24, 2.45) is 0 Å². The molecule has 2 aliphatic rings. The van der Waals surface area contributed by atoms with Crippen LogP contribution in [0.5, 0.6) is 0 Å². The number of hydrogen-bond acceptors (Lipinski definition) is 7. The number of carbonyl (C=O) groups excluding carboxylic acids is 1. The second-order valence-electron chi connectivity index (χ2n) is 7.57. The van der Waals surface area contributed by atoms with E-state index in [1.807, 2.05) is 0 Å². The lowest BCUT2D eigenvalue weighted by Crippen LogP contribution is -2.49. The average Bonchev–Trinajstić information content (AvgIpc) is 3.43. The molecule has 1 amide bonds. The number of hydrogen-bond donors (Lipinski definition) is 0. The van der Waals surface area contributed by atoms with Crippen LogP contribution in [0.15, 0.2) is 29.0 Å². The number of methoxy groups -OCH3 is 1. The molecule has 1 saturated heterocycles. The zero-order valence-electron chi connectivity index (χ0n) is 16.5. The summed E-state index contributed by atoms with van der Waals surface area (Å²) in [7, 11) is -1.46. The van der Waals surface area contributed by atoms with E-state index in [4.69, 9.17) is 4.74 Å². The maximum atomic E-state index is 13.3. The second kappa shape index (κ2) is 8.85. The van der Waals surface area contributed by atoms with Gasteiger partial charge in [-0.05, 0) is 41.3 Å². The van der Waals surface area contributed by atoms with Gasteiger partial charge in [-0.1, -0.05) is 6.07 Å². The Morgan fingerprint density at radius 3 is 2.86 bits per heavy atom. The first-order valence-electron chi connectivity index (χ1n) is 9.81. The summed E-state index contributed by atoms with van der Waals surface area (Å²) in [5.41, 5.74) is 1.29. The molecule has 2 aromatic rings. The number of nitrogens with zero attached hydrogens (tertiary/aromatic N) is 2. The van der Waals surface area contributed by atoms with Crippen molar-refractivity contribution in [3.63, 3.8) is 0 Å². The molecule has 0 radical (unpaired) electrons. The van der Waals surface area contributed by atoms with E-state index >= 15 is 0 Å². The highest BCUT2D eigenvalue weighted by molar-refractivity contribution is 7.91. The van der Waals surface area contributed by atoms with Crippen molar-refractivity contribution in [3.05, 3.63) is 44.3 Å². The summed E-state index contributed by atoms with van der Waals surface area (Å²) in [6.07, 6.45) is 1.46. The Balaban J connectivity index is 1.55. The van der Waals surface area contributed by atoms with Gasteiger partial charge in [-0.15, -0.1) is 22.7 Å². The van der Waals surface area contributed by atoms with Crippen molar-refractivity contribution in [1.82, 2.24) is 9.80 Å². The van der Waals surface area contributed by atoms with Crippen LogP contribution in [-0.4, -0.2) is 75.0 Å². The van der Waals surface area contributed by atoms with Crippen molar-refractivity contribution in [2.75, 3.05) is 44.9 Å². The molecular formula is C20H26N2O4S3. The van der Waals surface area contributed by atoms with Crippen LogP contribution in [0.2, 0.25) is 0 Å². The van der Waals surface area contributed by atoms with E-state index in [2.05, 4.69) is 33.9 Å². The van der Waals surface area contributed by atoms with Gasteiger partial charge in [0.1, 0.15) is 0 Å². The summed E-state index contributed by atoms with van der Waals surface area (Å²) in [6.45, 7) is 1.95. The Kier molecular flexibility index (Phi) is 6.41. The van der Waals surface area contributed by atoms with E-state index in [9.17, 15) is 13.2 Å². The predicted octanol–water partition coefficient (Wildman–Crippen LogP) is 2.42. The Morgan fingerprint density at radius 2 is 2.17 bits per heavy atom. The highest BCUT2D eigenvalue weighted by Crippen LogP contribution is 2.39. The lowest BCUT2D eigenvalue weighted by molar-refractivity contribution is -0.135. The molecule has 6 nitrogen and oxygen atoms in total. The third-order valence-corrected chi connectivity index (χ3v) is 9.39. The molecule has 9 heteroatoms. The van der Waals surface area contributed by atoms with Crippen LogP contribution in [0.25, 0.3) is 0 Å². The zero-order valence-corrected chi connectivity index (χ0v) is 18.9. The van der Waals surface area contributed by atoms with Crippen LogP contribution in [0.1, 0.15) is 27.8 Å². The zero-order chi connectivity index (χ0) is 20.4. The molecule has 1 fully saturated rings. The molecule has 0 aromatic carbocycles. The smallest absolute Gasteiger partial charge is 0.237 e. The molecule has 2 atom stereocenters. The molecule has 0 bridgehead atoms.